The van der Waals surface area contributed by atoms with Gasteiger partial charge in [0.1, 0.15) is 12.1 Å². The third-order valence-electron chi connectivity index (χ3n) is 4.29. The largest absolute Gasteiger partial charge is 0.376 e. The molecule has 0 saturated carbocycles. The van der Waals surface area contributed by atoms with Gasteiger partial charge in [-0.05, 0) is 37.5 Å². The van der Waals surface area contributed by atoms with Crippen LogP contribution in [0.1, 0.15) is 18.4 Å². The molecule has 1 aliphatic heterocycles. The highest BCUT2D eigenvalue weighted by Gasteiger charge is 2.17. The molecular formula is C17H18ClN5O. The highest BCUT2D eigenvalue weighted by atomic mass is 35.5. The number of rotatable bonds is 4. The molecule has 1 aliphatic rings. The molecule has 0 spiro atoms. The van der Waals surface area contributed by atoms with Crippen LogP contribution in [0.4, 0.5) is 5.82 Å². The molecule has 0 bridgehead atoms. The van der Waals surface area contributed by atoms with Crippen LogP contribution in [-0.4, -0.2) is 39.0 Å². The highest BCUT2D eigenvalue weighted by Crippen LogP contribution is 2.25. The second-order valence-electron chi connectivity index (χ2n) is 5.96. The van der Waals surface area contributed by atoms with Gasteiger partial charge < -0.3 is 10.1 Å². The number of halogens is 1. The minimum atomic E-state index is 0.250. The summed E-state index contributed by atoms with van der Waals surface area (Å²) >= 11 is 6.14. The fraction of sp³-hybridized carbons (Fsp3) is 0.353. The van der Waals surface area contributed by atoms with Crippen molar-refractivity contribution >= 4 is 28.5 Å². The fourth-order valence-corrected chi connectivity index (χ4v) is 3.15. The first-order valence-electron chi connectivity index (χ1n) is 8.03. The van der Waals surface area contributed by atoms with E-state index in [1.165, 1.54) is 0 Å². The summed E-state index contributed by atoms with van der Waals surface area (Å²) in [4.78, 5) is 8.76. The van der Waals surface area contributed by atoms with E-state index in [1.54, 1.807) is 17.2 Å². The number of aromatic nitrogens is 4. The highest BCUT2D eigenvalue weighted by molar-refractivity contribution is 6.30. The number of aryl methyl sites for hydroxylation is 1. The molecule has 1 N–H and O–H groups in total. The Morgan fingerprint density at radius 3 is 3.12 bits per heavy atom. The van der Waals surface area contributed by atoms with Gasteiger partial charge in [0, 0.05) is 18.2 Å². The lowest BCUT2D eigenvalue weighted by atomic mass is 10.2. The van der Waals surface area contributed by atoms with Gasteiger partial charge in [0.15, 0.2) is 5.65 Å². The quantitative estimate of drug-likeness (QED) is 0.786. The van der Waals surface area contributed by atoms with Crippen LogP contribution in [0.5, 0.6) is 0 Å². The Morgan fingerprint density at radius 2 is 2.29 bits per heavy atom. The van der Waals surface area contributed by atoms with Crippen molar-refractivity contribution in [3.05, 3.63) is 41.3 Å². The van der Waals surface area contributed by atoms with Crippen molar-refractivity contribution in [2.24, 2.45) is 0 Å². The van der Waals surface area contributed by atoms with Crippen molar-refractivity contribution in [1.82, 2.24) is 19.7 Å². The van der Waals surface area contributed by atoms with Crippen LogP contribution < -0.4 is 5.32 Å². The van der Waals surface area contributed by atoms with Gasteiger partial charge in [-0.1, -0.05) is 17.7 Å². The average molecular weight is 344 g/mol. The van der Waals surface area contributed by atoms with E-state index in [-0.39, 0.29) is 6.10 Å². The fourth-order valence-electron chi connectivity index (χ4n) is 2.99. The molecule has 124 valence electrons. The second kappa shape index (κ2) is 6.37. The maximum Gasteiger partial charge on any atom is 0.168 e. The molecule has 7 heteroatoms. The van der Waals surface area contributed by atoms with E-state index in [1.807, 2.05) is 25.1 Å². The minimum absolute atomic E-state index is 0.250. The third-order valence-corrected chi connectivity index (χ3v) is 4.52. The van der Waals surface area contributed by atoms with E-state index in [4.69, 9.17) is 16.3 Å². The topological polar surface area (TPSA) is 64.9 Å². The Morgan fingerprint density at radius 1 is 1.38 bits per heavy atom. The van der Waals surface area contributed by atoms with Gasteiger partial charge in [-0.2, -0.15) is 5.10 Å². The molecule has 1 atom stereocenters. The summed E-state index contributed by atoms with van der Waals surface area (Å²) in [7, 11) is 0. The van der Waals surface area contributed by atoms with E-state index in [9.17, 15) is 0 Å². The lowest BCUT2D eigenvalue weighted by Crippen LogP contribution is -2.19. The SMILES string of the molecule is Cc1ccc(Cl)cc1-n1ncc2c(NC[C@H]3CCCO3)ncnc21. The van der Waals surface area contributed by atoms with Crippen LogP contribution in [0, 0.1) is 6.92 Å². The van der Waals surface area contributed by atoms with E-state index in [0.29, 0.717) is 5.02 Å². The Hall–Kier alpha value is -2.18. The number of benzene rings is 1. The first-order chi connectivity index (χ1) is 11.7. The summed E-state index contributed by atoms with van der Waals surface area (Å²) in [6.07, 6.45) is 5.80. The average Bonchev–Trinajstić information content (AvgIpc) is 3.24. The van der Waals surface area contributed by atoms with Crippen LogP contribution in [0.25, 0.3) is 16.7 Å². The number of hydrogen-bond donors (Lipinski definition) is 1. The molecule has 0 amide bonds. The van der Waals surface area contributed by atoms with Gasteiger partial charge in [0.2, 0.25) is 0 Å². The number of nitrogens with one attached hydrogen (secondary N) is 1. The Bertz CT molecular complexity index is 873. The van der Waals surface area contributed by atoms with Gasteiger partial charge >= 0.3 is 0 Å². The normalized spacial score (nSPS) is 17.5. The molecule has 3 aromatic rings. The number of anilines is 1. The van der Waals surface area contributed by atoms with Gasteiger partial charge in [0.05, 0.1) is 23.4 Å². The zero-order chi connectivity index (χ0) is 16.5. The number of nitrogens with zero attached hydrogens (tertiary/aromatic N) is 4. The summed E-state index contributed by atoms with van der Waals surface area (Å²) in [5.41, 5.74) is 2.75. The molecular weight excluding hydrogens is 326 g/mol. The van der Waals surface area contributed by atoms with Gasteiger partial charge in [0.25, 0.3) is 0 Å². The zero-order valence-electron chi connectivity index (χ0n) is 13.4. The van der Waals surface area contributed by atoms with Crippen LogP contribution in [0.3, 0.4) is 0 Å². The van der Waals surface area contributed by atoms with Crippen molar-refractivity contribution in [3.8, 4) is 5.69 Å². The predicted molar refractivity (Wildman–Crippen MR) is 93.9 cm³/mol. The van der Waals surface area contributed by atoms with Crippen molar-refractivity contribution in [1.29, 1.82) is 0 Å². The Labute approximate surface area is 144 Å². The summed E-state index contributed by atoms with van der Waals surface area (Å²) in [6.45, 7) is 3.61. The Kier molecular flexibility index (Phi) is 4.08. The molecule has 0 aliphatic carbocycles. The maximum atomic E-state index is 6.14. The standard InChI is InChI=1S/C17H18ClN5O/c1-11-4-5-12(18)7-15(11)23-17-14(9-22-23)16(20-10-21-17)19-8-13-3-2-6-24-13/h4-5,7,9-10,13H,2-3,6,8H2,1H3,(H,19,20,21)/t13-/m1/s1. The first-order valence-corrected chi connectivity index (χ1v) is 8.41. The van der Waals surface area contributed by atoms with Crippen molar-refractivity contribution in [2.75, 3.05) is 18.5 Å². The van der Waals surface area contributed by atoms with Gasteiger partial charge in [-0.25, -0.2) is 14.6 Å². The van der Waals surface area contributed by atoms with Crippen molar-refractivity contribution < 1.29 is 4.74 Å². The van der Waals surface area contributed by atoms with Crippen LogP contribution >= 0.6 is 11.6 Å². The van der Waals surface area contributed by atoms with E-state index < -0.39 is 0 Å². The summed E-state index contributed by atoms with van der Waals surface area (Å²) in [5.74, 6) is 0.779. The molecule has 1 saturated heterocycles. The van der Waals surface area contributed by atoms with E-state index in [2.05, 4.69) is 20.4 Å². The number of fused-ring (bicyclic) bond motifs is 1. The lowest BCUT2D eigenvalue weighted by Gasteiger charge is -2.12. The van der Waals surface area contributed by atoms with Crippen molar-refractivity contribution in [2.45, 2.75) is 25.9 Å². The molecule has 0 radical (unpaired) electrons. The Balaban J connectivity index is 1.69. The summed E-state index contributed by atoms with van der Waals surface area (Å²) < 4.78 is 7.45. The molecule has 6 nitrogen and oxygen atoms in total. The number of hydrogen-bond acceptors (Lipinski definition) is 5. The third kappa shape index (κ3) is 2.83. The van der Waals surface area contributed by atoms with Crippen LogP contribution in [0.15, 0.2) is 30.7 Å². The monoisotopic (exact) mass is 343 g/mol. The molecule has 1 fully saturated rings. The summed E-state index contributed by atoms with van der Waals surface area (Å²) in [6, 6.07) is 5.74. The molecule has 3 heterocycles. The molecule has 4 rings (SSSR count). The second-order valence-corrected chi connectivity index (χ2v) is 6.40. The van der Waals surface area contributed by atoms with Crippen molar-refractivity contribution in [3.63, 3.8) is 0 Å². The van der Waals surface area contributed by atoms with Crippen LogP contribution in [-0.2, 0) is 4.74 Å². The summed E-state index contributed by atoms with van der Waals surface area (Å²) in [5, 5.41) is 9.41. The van der Waals surface area contributed by atoms with Gasteiger partial charge in [-0.3, -0.25) is 0 Å². The molecule has 1 aromatic carbocycles. The molecule has 2 aromatic heterocycles. The number of ether oxygens (including phenoxy) is 1. The maximum absolute atomic E-state index is 6.14. The van der Waals surface area contributed by atoms with Crippen LogP contribution in [0.2, 0.25) is 5.02 Å². The molecule has 0 unspecified atom stereocenters. The van der Waals surface area contributed by atoms with Gasteiger partial charge in [-0.15, -0.1) is 0 Å². The molecule has 24 heavy (non-hydrogen) atoms. The first kappa shape index (κ1) is 15.4. The smallest absolute Gasteiger partial charge is 0.168 e. The van der Waals surface area contributed by atoms with E-state index >= 15 is 0 Å². The predicted octanol–water partition coefficient (Wildman–Crippen LogP) is 3.37. The minimum Gasteiger partial charge on any atom is -0.376 e. The lowest BCUT2D eigenvalue weighted by molar-refractivity contribution is 0.120. The zero-order valence-corrected chi connectivity index (χ0v) is 14.1. The van der Waals surface area contributed by atoms with E-state index in [0.717, 1.165) is 54.1 Å².